The summed E-state index contributed by atoms with van der Waals surface area (Å²) in [7, 11) is 0. The summed E-state index contributed by atoms with van der Waals surface area (Å²) in [5, 5.41) is 3.97. The third-order valence-electron chi connectivity index (χ3n) is 6.70. The molecule has 11 heteroatoms. The first-order chi connectivity index (χ1) is 18.6. The number of imidazole rings is 1. The molecule has 0 saturated carbocycles. The van der Waals surface area contributed by atoms with E-state index in [9.17, 15) is 9.18 Å². The number of nitrogens with one attached hydrogen (secondary N) is 4. The average Bonchev–Trinajstić information content (AvgIpc) is 3.63. The van der Waals surface area contributed by atoms with E-state index in [-0.39, 0.29) is 11.7 Å². The van der Waals surface area contributed by atoms with Crippen LogP contribution < -0.4 is 21.2 Å². The van der Waals surface area contributed by atoms with Gasteiger partial charge >= 0.3 is 0 Å². The molecular formula is C27H27FN8O2. The minimum atomic E-state index is -0.189. The van der Waals surface area contributed by atoms with E-state index in [4.69, 9.17) is 4.74 Å². The van der Waals surface area contributed by atoms with Gasteiger partial charge in [-0.1, -0.05) is 18.2 Å². The predicted octanol–water partition coefficient (Wildman–Crippen LogP) is 2.63. The van der Waals surface area contributed by atoms with Crippen molar-refractivity contribution in [1.29, 1.82) is 0 Å². The second kappa shape index (κ2) is 10.5. The van der Waals surface area contributed by atoms with Crippen LogP contribution in [0, 0.1) is 5.82 Å². The lowest BCUT2D eigenvalue weighted by Crippen LogP contribution is -2.48. The summed E-state index contributed by atoms with van der Waals surface area (Å²) in [6.45, 7) is 3.46. The van der Waals surface area contributed by atoms with Crippen molar-refractivity contribution in [1.82, 2.24) is 36.3 Å². The minimum Gasteiger partial charge on any atom is -0.486 e. The van der Waals surface area contributed by atoms with Gasteiger partial charge in [-0.25, -0.2) is 14.9 Å². The molecule has 194 valence electrons. The fraction of sp³-hybridized carbons (Fsp3) is 0.222. The molecule has 2 aliphatic heterocycles. The van der Waals surface area contributed by atoms with Crippen LogP contribution in [0.4, 0.5) is 4.39 Å². The number of carbonyl (C=O) groups excluding carboxylic acids is 1. The van der Waals surface area contributed by atoms with E-state index in [0.717, 1.165) is 16.6 Å². The van der Waals surface area contributed by atoms with E-state index in [1.54, 1.807) is 6.07 Å². The molecule has 3 aromatic carbocycles. The number of halogens is 1. The second-order valence-electron chi connectivity index (χ2n) is 9.21. The molecule has 0 bridgehead atoms. The van der Waals surface area contributed by atoms with Crippen molar-refractivity contribution in [2.24, 2.45) is 5.10 Å². The summed E-state index contributed by atoms with van der Waals surface area (Å²) < 4.78 is 19.7. The van der Waals surface area contributed by atoms with Gasteiger partial charge in [0.15, 0.2) is 5.84 Å². The molecule has 38 heavy (non-hydrogen) atoms. The number of hydrogen-bond donors (Lipinski definition) is 4. The van der Waals surface area contributed by atoms with Crippen LogP contribution in [0.2, 0.25) is 0 Å². The topological polar surface area (TPSA) is 110 Å². The zero-order valence-corrected chi connectivity index (χ0v) is 20.6. The molecule has 4 N–H and O–H groups in total. The third-order valence-corrected chi connectivity index (χ3v) is 6.70. The molecule has 0 unspecified atom stereocenters. The van der Waals surface area contributed by atoms with Gasteiger partial charge < -0.3 is 14.6 Å². The van der Waals surface area contributed by atoms with Crippen molar-refractivity contribution in [3.05, 3.63) is 83.7 Å². The lowest BCUT2D eigenvalue weighted by Gasteiger charge is -2.34. The van der Waals surface area contributed by atoms with Crippen LogP contribution >= 0.6 is 0 Å². The highest BCUT2D eigenvalue weighted by Gasteiger charge is 2.23. The van der Waals surface area contributed by atoms with E-state index in [2.05, 4.69) is 36.5 Å². The van der Waals surface area contributed by atoms with Crippen molar-refractivity contribution in [3.63, 3.8) is 0 Å². The van der Waals surface area contributed by atoms with E-state index in [0.29, 0.717) is 67.9 Å². The molecular weight excluding hydrogens is 487 g/mol. The largest absolute Gasteiger partial charge is 0.486 e. The molecule has 1 saturated heterocycles. The van der Waals surface area contributed by atoms with Gasteiger partial charge in [0.1, 0.15) is 24.0 Å². The van der Waals surface area contributed by atoms with Crippen molar-refractivity contribution >= 4 is 22.8 Å². The fourth-order valence-electron chi connectivity index (χ4n) is 4.59. The number of aromatic nitrogens is 2. The number of benzene rings is 3. The van der Waals surface area contributed by atoms with Crippen LogP contribution in [0.1, 0.15) is 15.9 Å². The Morgan fingerprint density at radius 3 is 2.58 bits per heavy atom. The maximum Gasteiger partial charge on any atom is 0.254 e. The van der Waals surface area contributed by atoms with Crippen LogP contribution in [0.5, 0.6) is 5.75 Å². The Morgan fingerprint density at radius 1 is 1.00 bits per heavy atom. The summed E-state index contributed by atoms with van der Waals surface area (Å²) in [4.78, 5) is 25.3. The van der Waals surface area contributed by atoms with Gasteiger partial charge in [-0.15, -0.1) is 10.6 Å². The van der Waals surface area contributed by atoms with Crippen molar-refractivity contribution in [2.45, 2.75) is 6.54 Å². The number of hydrazine groups is 2. The van der Waals surface area contributed by atoms with Crippen molar-refractivity contribution in [2.75, 3.05) is 32.8 Å². The van der Waals surface area contributed by atoms with E-state index >= 15 is 0 Å². The quantitative estimate of drug-likeness (QED) is 0.300. The van der Waals surface area contributed by atoms with E-state index in [1.807, 2.05) is 59.5 Å². The summed E-state index contributed by atoms with van der Waals surface area (Å²) >= 11 is 0. The summed E-state index contributed by atoms with van der Waals surface area (Å²) in [5.41, 5.74) is 11.9. The first kappa shape index (κ1) is 23.9. The summed E-state index contributed by atoms with van der Waals surface area (Å²) in [6.07, 6.45) is 0. The number of hydrazone groups is 1. The second-order valence-corrected chi connectivity index (χ2v) is 9.21. The molecule has 2 aliphatic rings. The highest BCUT2D eigenvalue weighted by molar-refractivity contribution is 5.97. The Balaban J connectivity index is 1.08. The van der Waals surface area contributed by atoms with Crippen molar-refractivity contribution in [3.8, 4) is 17.1 Å². The van der Waals surface area contributed by atoms with Crippen LogP contribution in [0.3, 0.4) is 0 Å². The number of piperazine rings is 1. The maximum absolute atomic E-state index is 14.0. The Bertz CT molecular complexity index is 1480. The number of hydrogen-bond acceptors (Lipinski definition) is 8. The Kier molecular flexibility index (Phi) is 6.59. The molecule has 3 heterocycles. The first-order valence-corrected chi connectivity index (χ1v) is 12.4. The number of H-pyrrole nitrogens is 1. The lowest BCUT2D eigenvalue weighted by molar-refractivity contribution is 0.0627. The molecule has 0 atom stereocenters. The molecule has 0 aliphatic carbocycles. The molecule has 6 rings (SSSR count). The zero-order chi connectivity index (χ0) is 25.9. The number of rotatable bonds is 7. The predicted molar refractivity (Wildman–Crippen MR) is 141 cm³/mol. The standard InChI is InChI=1S/C27H27FN8O2/c28-22-4-2-1-3-20(22)16-35-11-13-36(14-12-35)27(37)19-7-10-23-24(15-19)30-26(29-23)18-5-8-21(9-6-18)38-17-25-31-33-34-32-25/h1-10,15,33-34H,11-14,16-17H2,(H,29,30)(H,31,32). The van der Waals surface area contributed by atoms with Gasteiger partial charge in [-0.05, 0) is 48.5 Å². The number of nitrogens with zero attached hydrogens (tertiary/aromatic N) is 4. The normalized spacial score (nSPS) is 15.7. The van der Waals surface area contributed by atoms with Gasteiger partial charge in [-0.2, -0.15) is 0 Å². The smallest absolute Gasteiger partial charge is 0.254 e. The molecule has 1 fully saturated rings. The summed E-state index contributed by atoms with van der Waals surface area (Å²) in [6, 6.07) is 20.0. The van der Waals surface area contributed by atoms with Gasteiger partial charge in [0.2, 0.25) is 0 Å². The number of aromatic amines is 1. The third kappa shape index (κ3) is 5.15. The number of carbonyl (C=O) groups is 1. The van der Waals surface area contributed by atoms with Gasteiger partial charge in [0.05, 0.1) is 11.0 Å². The average molecular weight is 515 g/mol. The van der Waals surface area contributed by atoms with Crippen molar-refractivity contribution < 1.29 is 13.9 Å². The highest BCUT2D eigenvalue weighted by atomic mass is 19.1. The minimum absolute atomic E-state index is 0.0122. The Morgan fingerprint density at radius 2 is 1.82 bits per heavy atom. The van der Waals surface area contributed by atoms with Crippen LogP contribution in [-0.4, -0.2) is 64.3 Å². The van der Waals surface area contributed by atoms with Crippen LogP contribution in [0.25, 0.3) is 22.4 Å². The lowest BCUT2D eigenvalue weighted by atomic mass is 10.1. The monoisotopic (exact) mass is 514 g/mol. The maximum atomic E-state index is 14.0. The Hall–Kier alpha value is -4.48. The van der Waals surface area contributed by atoms with Crippen LogP contribution in [-0.2, 0) is 6.54 Å². The number of ether oxygens (including phenoxy) is 1. The number of fused-ring (bicyclic) bond motifs is 1. The van der Waals surface area contributed by atoms with E-state index in [1.165, 1.54) is 6.07 Å². The van der Waals surface area contributed by atoms with Gasteiger partial charge in [-0.3, -0.25) is 15.1 Å². The highest BCUT2D eigenvalue weighted by Crippen LogP contribution is 2.24. The summed E-state index contributed by atoms with van der Waals surface area (Å²) in [5.74, 6) is 1.88. The van der Waals surface area contributed by atoms with Gasteiger partial charge in [0, 0.05) is 49.4 Å². The Labute approximate surface area is 218 Å². The number of amides is 1. The molecule has 10 nitrogen and oxygen atoms in total. The molecule has 0 spiro atoms. The fourth-order valence-corrected chi connectivity index (χ4v) is 4.59. The van der Waals surface area contributed by atoms with E-state index < -0.39 is 0 Å². The number of amidine groups is 1. The first-order valence-electron chi connectivity index (χ1n) is 12.4. The molecule has 1 amide bonds. The zero-order valence-electron chi connectivity index (χ0n) is 20.6. The molecule has 0 radical (unpaired) electrons. The molecule has 4 aromatic rings. The molecule has 1 aromatic heterocycles. The van der Waals surface area contributed by atoms with Crippen LogP contribution in [0.15, 0.2) is 71.8 Å². The SMILES string of the molecule is O=C(c1ccc2nc(-c3ccc(OCC4=NNNN4)cc3)[nH]c2c1)N1CCN(Cc2ccccc2F)CC1. The van der Waals surface area contributed by atoms with Gasteiger partial charge in [0.25, 0.3) is 5.91 Å².